The Morgan fingerprint density at radius 3 is 2.59 bits per heavy atom. The summed E-state index contributed by atoms with van der Waals surface area (Å²) in [5.41, 5.74) is 4.58. The summed E-state index contributed by atoms with van der Waals surface area (Å²) < 4.78 is 5.34. The van der Waals surface area contributed by atoms with Gasteiger partial charge in [0.1, 0.15) is 0 Å². The lowest BCUT2D eigenvalue weighted by Gasteiger charge is -2.34. The van der Waals surface area contributed by atoms with E-state index >= 15 is 0 Å². The second kappa shape index (κ2) is 8.49. The molecule has 0 bridgehead atoms. The van der Waals surface area contributed by atoms with Gasteiger partial charge >= 0.3 is 12.0 Å². The first-order valence-electron chi connectivity index (χ1n) is 9.97. The molecule has 0 saturated heterocycles. The number of amides is 2. The maximum Gasteiger partial charge on any atom is 0.338 e. The zero-order valence-electron chi connectivity index (χ0n) is 16.5. The Hall–Kier alpha value is -3.12. The van der Waals surface area contributed by atoms with E-state index in [9.17, 15) is 9.59 Å². The van der Waals surface area contributed by atoms with Crippen LogP contribution >= 0.6 is 0 Å². The van der Waals surface area contributed by atoms with E-state index in [0.717, 1.165) is 25.1 Å². The highest BCUT2D eigenvalue weighted by Crippen LogP contribution is 2.29. The number of ether oxygens (including phenoxy) is 1. The van der Waals surface area contributed by atoms with Gasteiger partial charge in [-0.3, -0.25) is 4.90 Å². The number of esters is 1. The van der Waals surface area contributed by atoms with Crippen molar-refractivity contribution in [2.75, 3.05) is 19.7 Å². The number of carbonyl (C=O) groups is 2. The van der Waals surface area contributed by atoms with Crippen LogP contribution in [-0.2, 0) is 22.5 Å². The van der Waals surface area contributed by atoms with Gasteiger partial charge in [0.2, 0.25) is 0 Å². The lowest BCUT2D eigenvalue weighted by Crippen LogP contribution is -2.49. The lowest BCUT2D eigenvalue weighted by atomic mass is 9.94. The number of nitrogens with one attached hydrogen (secondary N) is 2. The van der Waals surface area contributed by atoms with Gasteiger partial charge in [-0.05, 0) is 30.0 Å². The van der Waals surface area contributed by atoms with Crippen LogP contribution in [0.3, 0.4) is 0 Å². The predicted octanol–water partition coefficient (Wildman–Crippen LogP) is 2.92. The third-order valence-electron chi connectivity index (χ3n) is 5.37. The molecule has 2 amide bonds. The summed E-state index contributed by atoms with van der Waals surface area (Å²) in [5, 5.41) is 5.74. The molecular formula is C23H25N3O3. The number of urea groups is 1. The van der Waals surface area contributed by atoms with E-state index in [1.807, 2.05) is 36.4 Å². The van der Waals surface area contributed by atoms with Gasteiger partial charge in [-0.25, -0.2) is 9.59 Å². The van der Waals surface area contributed by atoms with Crippen molar-refractivity contribution in [3.8, 4) is 0 Å². The molecule has 0 saturated carbocycles. The van der Waals surface area contributed by atoms with Gasteiger partial charge in [-0.15, -0.1) is 0 Å². The molecule has 2 aliphatic rings. The largest absolute Gasteiger partial charge is 0.463 e. The maximum atomic E-state index is 12.8. The molecule has 0 spiro atoms. The topological polar surface area (TPSA) is 70.7 Å². The highest BCUT2D eigenvalue weighted by Gasteiger charge is 2.34. The quantitative estimate of drug-likeness (QED) is 0.769. The number of hydrogen-bond donors (Lipinski definition) is 2. The number of nitrogens with zero attached hydrogens (tertiary/aromatic N) is 1. The molecule has 0 aliphatic carbocycles. The molecule has 0 fully saturated rings. The molecule has 29 heavy (non-hydrogen) atoms. The number of carbonyl (C=O) groups excluding carboxylic acids is 2. The standard InChI is InChI=1S/C23H25N3O3/c1-2-29-22(27)20-19(15-26-13-12-16-8-6-7-11-18(16)14-26)24-23(28)25-21(20)17-9-4-3-5-10-17/h3-11,21H,2,12-15H2,1H3,(H2,24,25,28)/t21-/m0/s1. The van der Waals surface area contributed by atoms with Crippen LogP contribution in [0.5, 0.6) is 0 Å². The molecule has 6 nitrogen and oxygen atoms in total. The Kier molecular flexibility index (Phi) is 5.62. The van der Waals surface area contributed by atoms with E-state index < -0.39 is 12.0 Å². The normalized spacial score (nSPS) is 19.2. The molecule has 2 aromatic carbocycles. The lowest BCUT2D eigenvalue weighted by molar-refractivity contribution is -0.139. The smallest absolute Gasteiger partial charge is 0.338 e. The zero-order chi connectivity index (χ0) is 20.2. The van der Waals surface area contributed by atoms with Crippen LogP contribution < -0.4 is 10.6 Å². The van der Waals surface area contributed by atoms with Crippen molar-refractivity contribution in [1.29, 1.82) is 0 Å². The van der Waals surface area contributed by atoms with Crippen molar-refractivity contribution in [3.05, 3.63) is 82.6 Å². The first-order valence-corrected chi connectivity index (χ1v) is 9.97. The molecule has 1 atom stereocenters. The van der Waals surface area contributed by atoms with Gasteiger partial charge in [-0.1, -0.05) is 54.6 Å². The Bertz CT molecular complexity index is 939. The minimum absolute atomic E-state index is 0.280. The summed E-state index contributed by atoms with van der Waals surface area (Å²) in [6, 6.07) is 17.1. The fourth-order valence-electron chi connectivity index (χ4n) is 4.00. The average Bonchev–Trinajstić information content (AvgIpc) is 2.74. The summed E-state index contributed by atoms with van der Waals surface area (Å²) in [5.74, 6) is -0.402. The van der Waals surface area contributed by atoms with Crippen LogP contribution in [0.2, 0.25) is 0 Å². The first kappa shape index (κ1) is 19.2. The number of rotatable bonds is 5. The highest BCUT2D eigenvalue weighted by atomic mass is 16.5. The van der Waals surface area contributed by atoms with Crippen LogP contribution in [0.1, 0.15) is 29.7 Å². The maximum absolute atomic E-state index is 12.8. The monoisotopic (exact) mass is 391 g/mol. The fraction of sp³-hybridized carbons (Fsp3) is 0.304. The van der Waals surface area contributed by atoms with Crippen molar-refractivity contribution in [1.82, 2.24) is 15.5 Å². The minimum Gasteiger partial charge on any atom is -0.463 e. The molecule has 2 aromatic rings. The Balaban J connectivity index is 1.67. The molecule has 6 heteroatoms. The summed E-state index contributed by atoms with van der Waals surface area (Å²) in [6.07, 6.45) is 0.951. The summed E-state index contributed by atoms with van der Waals surface area (Å²) in [4.78, 5) is 27.5. The van der Waals surface area contributed by atoms with Crippen LogP contribution in [0.15, 0.2) is 65.9 Å². The zero-order valence-corrected chi connectivity index (χ0v) is 16.5. The Morgan fingerprint density at radius 1 is 1.10 bits per heavy atom. The first-order chi connectivity index (χ1) is 14.2. The van der Waals surface area contributed by atoms with Crippen molar-refractivity contribution in [2.45, 2.75) is 25.9 Å². The predicted molar refractivity (Wildman–Crippen MR) is 110 cm³/mol. The van der Waals surface area contributed by atoms with E-state index in [-0.39, 0.29) is 12.6 Å². The van der Waals surface area contributed by atoms with E-state index in [1.54, 1.807) is 6.92 Å². The van der Waals surface area contributed by atoms with Crippen molar-refractivity contribution in [3.63, 3.8) is 0 Å². The van der Waals surface area contributed by atoms with E-state index in [1.165, 1.54) is 11.1 Å². The second-order valence-electron chi connectivity index (χ2n) is 7.28. The van der Waals surface area contributed by atoms with Gasteiger partial charge in [0.25, 0.3) is 0 Å². The minimum atomic E-state index is -0.531. The second-order valence-corrected chi connectivity index (χ2v) is 7.28. The number of fused-ring (bicyclic) bond motifs is 1. The molecule has 2 heterocycles. The van der Waals surface area contributed by atoms with Gasteiger partial charge in [0.05, 0.1) is 18.2 Å². The molecule has 150 valence electrons. The summed E-state index contributed by atoms with van der Waals surface area (Å²) in [6.45, 7) is 4.21. The van der Waals surface area contributed by atoms with Gasteiger partial charge in [0.15, 0.2) is 0 Å². The van der Waals surface area contributed by atoms with Crippen LogP contribution in [-0.4, -0.2) is 36.6 Å². The summed E-state index contributed by atoms with van der Waals surface area (Å²) >= 11 is 0. The molecule has 2 aliphatic heterocycles. The SMILES string of the molecule is CCOC(=O)C1=C(CN2CCc3ccccc3C2)NC(=O)N[C@H]1c1ccccc1. The number of hydrogen-bond acceptors (Lipinski definition) is 4. The fourth-order valence-corrected chi connectivity index (χ4v) is 4.00. The third kappa shape index (κ3) is 4.17. The van der Waals surface area contributed by atoms with Crippen LogP contribution in [0, 0.1) is 0 Å². The van der Waals surface area contributed by atoms with E-state index in [0.29, 0.717) is 17.8 Å². The third-order valence-corrected chi connectivity index (χ3v) is 5.37. The van der Waals surface area contributed by atoms with E-state index in [2.05, 4.69) is 33.7 Å². The highest BCUT2D eigenvalue weighted by molar-refractivity contribution is 5.95. The Labute approximate surface area is 170 Å². The van der Waals surface area contributed by atoms with Gasteiger partial charge in [0, 0.05) is 25.3 Å². The van der Waals surface area contributed by atoms with Gasteiger partial charge < -0.3 is 15.4 Å². The van der Waals surface area contributed by atoms with Crippen LogP contribution in [0.25, 0.3) is 0 Å². The molecule has 0 unspecified atom stereocenters. The molecule has 2 N–H and O–H groups in total. The Morgan fingerprint density at radius 2 is 1.83 bits per heavy atom. The molecule has 0 radical (unpaired) electrons. The molecule has 0 aromatic heterocycles. The van der Waals surface area contributed by atoms with Gasteiger partial charge in [-0.2, -0.15) is 0 Å². The van der Waals surface area contributed by atoms with Crippen molar-refractivity contribution < 1.29 is 14.3 Å². The van der Waals surface area contributed by atoms with E-state index in [4.69, 9.17) is 4.74 Å². The summed E-state index contributed by atoms with van der Waals surface area (Å²) in [7, 11) is 0. The molecule has 4 rings (SSSR count). The van der Waals surface area contributed by atoms with Crippen LogP contribution in [0.4, 0.5) is 4.79 Å². The van der Waals surface area contributed by atoms with Crippen molar-refractivity contribution in [2.24, 2.45) is 0 Å². The molecular weight excluding hydrogens is 366 g/mol. The number of benzene rings is 2. The average molecular weight is 391 g/mol. The van der Waals surface area contributed by atoms with Crippen molar-refractivity contribution >= 4 is 12.0 Å².